The quantitative estimate of drug-likeness (QED) is 0.453. The highest BCUT2D eigenvalue weighted by molar-refractivity contribution is 6.11. The summed E-state index contributed by atoms with van der Waals surface area (Å²) in [7, 11) is 0. The Labute approximate surface area is 195 Å². The lowest BCUT2D eigenvalue weighted by Gasteiger charge is -2.22. The van der Waals surface area contributed by atoms with Crippen molar-refractivity contribution in [2.45, 2.75) is 95.9 Å². The zero-order valence-corrected chi connectivity index (χ0v) is 22.4. The van der Waals surface area contributed by atoms with Gasteiger partial charge in [-0.25, -0.2) is 0 Å². The van der Waals surface area contributed by atoms with E-state index in [0.717, 1.165) is 0 Å². The summed E-state index contributed by atoms with van der Waals surface area (Å²) in [5.41, 5.74) is -0.534. The summed E-state index contributed by atoms with van der Waals surface area (Å²) in [6.45, 7) is 22.5. The number of benzene rings is 1. The number of carbonyl (C=O) groups is 4. The standard InChI is InChI=1S/C16H22O2.C12H22O2/c1-15(2,3)13(17)11-9-7-8-10-12(11)14(18)16(4,5)6;1-11(2,3)9(13)7-8-10(14)12(4,5)6/h7-10H,1-6H3;7-8H2,1-6H3. The van der Waals surface area contributed by atoms with Crippen molar-refractivity contribution in [3.63, 3.8) is 0 Å². The number of ketones is 4. The van der Waals surface area contributed by atoms with E-state index in [4.69, 9.17) is 0 Å². The number of hydrogen-bond acceptors (Lipinski definition) is 4. The Balaban J connectivity index is 0.000000622. The van der Waals surface area contributed by atoms with Crippen LogP contribution in [0.25, 0.3) is 0 Å². The van der Waals surface area contributed by atoms with E-state index in [1.54, 1.807) is 24.3 Å². The molecule has 0 radical (unpaired) electrons. The summed E-state index contributed by atoms with van der Waals surface area (Å²) in [5, 5.41) is 0. The highest BCUT2D eigenvalue weighted by Crippen LogP contribution is 2.28. The molecule has 0 amide bonds. The maximum atomic E-state index is 12.4. The van der Waals surface area contributed by atoms with Gasteiger partial charge in [0.2, 0.25) is 0 Å². The van der Waals surface area contributed by atoms with Gasteiger partial charge in [-0.1, -0.05) is 107 Å². The molecule has 0 aromatic heterocycles. The van der Waals surface area contributed by atoms with Crippen molar-refractivity contribution in [1.82, 2.24) is 0 Å². The van der Waals surface area contributed by atoms with Crippen LogP contribution in [0.2, 0.25) is 0 Å². The fraction of sp³-hybridized carbons (Fsp3) is 0.643. The predicted octanol–water partition coefficient (Wildman–Crippen LogP) is 7.14. The van der Waals surface area contributed by atoms with E-state index in [2.05, 4.69) is 0 Å². The first-order valence-electron chi connectivity index (χ1n) is 11.4. The second-order valence-electron chi connectivity index (χ2n) is 12.6. The Kier molecular flexibility index (Phi) is 9.98. The molecule has 1 aromatic carbocycles. The minimum atomic E-state index is -0.478. The molecular weight excluding hydrogens is 400 g/mol. The van der Waals surface area contributed by atoms with E-state index in [-0.39, 0.29) is 34.0 Å². The third-order valence-corrected chi connectivity index (χ3v) is 5.03. The predicted molar refractivity (Wildman–Crippen MR) is 132 cm³/mol. The lowest BCUT2D eigenvalue weighted by atomic mass is 9.79. The van der Waals surface area contributed by atoms with Gasteiger partial charge < -0.3 is 0 Å². The van der Waals surface area contributed by atoms with Gasteiger partial charge in [0.25, 0.3) is 0 Å². The third kappa shape index (κ3) is 9.58. The molecule has 1 aromatic rings. The molecule has 1 rings (SSSR count). The monoisotopic (exact) mass is 444 g/mol. The summed E-state index contributed by atoms with van der Waals surface area (Å²) in [4.78, 5) is 47.8. The molecule has 0 aliphatic heterocycles. The Morgan fingerprint density at radius 3 is 0.938 bits per heavy atom. The van der Waals surface area contributed by atoms with Crippen molar-refractivity contribution in [2.75, 3.05) is 0 Å². The Hall–Kier alpha value is -2.10. The molecule has 0 heterocycles. The number of Topliss-reactive ketones (excluding diaryl/α,β-unsaturated/α-hetero) is 4. The smallest absolute Gasteiger partial charge is 0.168 e. The normalized spacial score (nSPS) is 12.5. The van der Waals surface area contributed by atoms with E-state index in [1.807, 2.05) is 83.1 Å². The minimum Gasteiger partial charge on any atom is -0.299 e. The molecule has 0 N–H and O–H groups in total. The summed E-state index contributed by atoms with van der Waals surface area (Å²) < 4.78 is 0. The van der Waals surface area contributed by atoms with Crippen LogP contribution >= 0.6 is 0 Å². The van der Waals surface area contributed by atoms with Crippen molar-refractivity contribution >= 4 is 23.1 Å². The van der Waals surface area contributed by atoms with Gasteiger partial charge in [0, 0.05) is 45.6 Å². The Morgan fingerprint density at radius 1 is 0.500 bits per heavy atom. The number of hydrogen-bond donors (Lipinski definition) is 0. The van der Waals surface area contributed by atoms with E-state index >= 15 is 0 Å². The summed E-state index contributed by atoms with van der Waals surface area (Å²) >= 11 is 0. The van der Waals surface area contributed by atoms with Crippen LogP contribution in [0, 0.1) is 21.7 Å². The molecule has 4 heteroatoms. The molecule has 4 nitrogen and oxygen atoms in total. The van der Waals surface area contributed by atoms with Crippen LogP contribution in [0.15, 0.2) is 24.3 Å². The van der Waals surface area contributed by atoms with Crippen molar-refractivity contribution in [2.24, 2.45) is 21.7 Å². The highest BCUT2D eigenvalue weighted by Gasteiger charge is 2.30. The molecule has 0 spiro atoms. The molecule has 0 unspecified atom stereocenters. The van der Waals surface area contributed by atoms with Crippen LogP contribution in [0.5, 0.6) is 0 Å². The topological polar surface area (TPSA) is 68.3 Å². The van der Waals surface area contributed by atoms with Crippen LogP contribution < -0.4 is 0 Å². The summed E-state index contributed by atoms with van der Waals surface area (Å²) in [6, 6.07) is 7.09. The van der Waals surface area contributed by atoms with Crippen molar-refractivity contribution < 1.29 is 19.2 Å². The average Bonchev–Trinajstić information content (AvgIpc) is 2.61. The van der Waals surface area contributed by atoms with Gasteiger partial charge in [-0.3, -0.25) is 19.2 Å². The molecule has 180 valence electrons. The van der Waals surface area contributed by atoms with Crippen LogP contribution in [0.3, 0.4) is 0 Å². The largest absolute Gasteiger partial charge is 0.299 e. The fourth-order valence-electron chi connectivity index (χ4n) is 2.66. The van der Waals surface area contributed by atoms with Crippen molar-refractivity contribution in [1.29, 1.82) is 0 Å². The van der Waals surface area contributed by atoms with Gasteiger partial charge in [-0.2, -0.15) is 0 Å². The zero-order chi connectivity index (χ0) is 25.7. The van der Waals surface area contributed by atoms with Crippen LogP contribution in [0.1, 0.15) is 117 Å². The molecular formula is C28H44O4. The minimum absolute atomic E-state index is 0.00991. The van der Waals surface area contributed by atoms with Crippen LogP contribution in [0.4, 0.5) is 0 Å². The van der Waals surface area contributed by atoms with Gasteiger partial charge in [-0.05, 0) is 0 Å². The van der Waals surface area contributed by atoms with Crippen LogP contribution in [-0.2, 0) is 9.59 Å². The van der Waals surface area contributed by atoms with E-state index in [0.29, 0.717) is 24.0 Å². The van der Waals surface area contributed by atoms with E-state index < -0.39 is 10.8 Å². The molecule has 0 bridgehead atoms. The summed E-state index contributed by atoms with van der Waals surface area (Å²) in [6.07, 6.45) is 0.749. The SMILES string of the molecule is CC(C)(C)C(=O)CCC(=O)C(C)(C)C.CC(C)(C)C(=O)c1ccccc1C(=O)C(C)(C)C. The highest BCUT2D eigenvalue weighted by atomic mass is 16.1. The van der Waals surface area contributed by atoms with E-state index in [1.165, 1.54) is 0 Å². The zero-order valence-electron chi connectivity index (χ0n) is 22.4. The van der Waals surface area contributed by atoms with Gasteiger partial charge in [0.1, 0.15) is 11.6 Å². The Morgan fingerprint density at radius 2 is 0.750 bits per heavy atom. The van der Waals surface area contributed by atoms with Gasteiger partial charge in [0.15, 0.2) is 11.6 Å². The molecule has 0 atom stereocenters. The lowest BCUT2D eigenvalue weighted by molar-refractivity contribution is -0.131. The Bertz CT molecular complexity index is 761. The average molecular weight is 445 g/mol. The van der Waals surface area contributed by atoms with Gasteiger partial charge >= 0.3 is 0 Å². The second-order valence-corrected chi connectivity index (χ2v) is 12.6. The molecule has 32 heavy (non-hydrogen) atoms. The molecule has 0 aliphatic carbocycles. The maximum Gasteiger partial charge on any atom is 0.168 e. The fourth-order valence-corrected chi connectivity index (χ4v) is 2.66. The van der Waals surface area contributed by atoms with Crippen molar-refractivity contribution in [3.05, 3.63) is 35.4 Å². The molecule has 0 fully saturated rings. The van der Waals surface area contributed by atoms with Crippen molar-refractivity contribution in [3.8, 4) is 0 Å². The first-order valence-corrected chi connectivity index (χ1v) is 11.4. The summed E-state index contributed by atoms with van der Waals surface area (Å²) in [5.74, 6) is 0.344. The molecule has 0 saturated heterocycles. The maximum absolute atomic E-state index is 12.4. The first kappa shape index (κ1) is 29.9. The van der Waals surface area contributed by atoms with Crippen LogP contribution in [-0.4, -0.2) is 23.1 Å². The first-order chi connectivity index (χ1) is 14.1. The number of carbonyl (C=O) groups excluding carboxylic acids is 4. The van der Waals surface area contributed by atoms with Gasteiger partial charge in [0.05, 0.1) is 0 Å². The third-order valence-electron chi connectivity index (χ3n) is 5.03. The van der Waals surface area contributed by atoms with E-state index in [9.17, 15) is 19.2 Å². The number of rotatable bonds is 5. The second kappa shape index (κ2) is 10.7. The van der Waals surface area contributed by atoms with Gasteiger partial charge in [-0.15, -0.1) is 0 Å². The molecule has 0 aliphatic rings. The lowest BCUT2D eigenvalue weighted by Crippen LogP contribution is -2.26. The molecule has 0 saturated carbocycles.